The van der Waals surface area contributed by atoms with E-state index in [1.165, 1.54) is 4.90 Å². The number of hydrogen-bond donors (Lipinski definition) is 3. The lowest BCUT2D eigenvalue weighted by Crippen LogP contribution is -2.50. The van der Waals surface area contributed by atoms with Gasteiger partial charge in [-0.1, -0.05) is 30.3 Å². The number of benzene rings is 2. The van der Waals surface area contributed by atoms with E-state index in [9.17, 15) is 19.5 Å². The highest BCUT2D eigenvalue weighted by atomic mass is 16.5. The van der Waals surface area contributed by atoms with E-state index in [4.69, 9.17) is 9.26 Å². The molecule has 2 aromatic carbocycles. The molecule has 3 heterocycles. The van der Waals surface area contributed by atoms with Crippen molar-refractivity contribution in [1.29, 1.82) is 0 Å². The van der Waals surface area contributed by atoms with Crippen LogP contribution in [0.4, 0.5) is 16.2 Å². The summed E-state index contributed by atoms with van der Waals surface area (Å²) in [6.45, 7) is 7.48. The minimum absolute atomic E-state index is 0.165. The molecule has 3 atom stereocenters. The Morgan fingerprint density at radius 1 is 1.18 bits per heavy atom. The molecule has 0 saturated heterocycles. The average Bonchev–Trinajstić information content (AvgIpc) is 3.51. The van der Waals surface area contributed by atoms with Crippen LogP contribution in [0.3, 0.4) is 0 Å². The number of nitrogens with one attached hydrogen (secondary N) is 2. The Labute approximate surface area is 261 Å². The quantitative estimate of drug-likeness (QED) is 0.267. The molecule has 2 aromatic heterocycles. The number of fused-ring (bicyclic) bond motifs is 2. The second-order valence-electron chi connectivity index (χ2n) is 11.9. The fraction of sp³-hybridized carbons (Fsp3) is 0.394. The van der Waals surface area contributed by atoms with Crippen LogP contribution < -0.4 is 15.4 Å². The van der Waals surface area contributed by atoms with E-state index in [-0.39, 0.29) is 48.9 Å². The summed E-state index contributed by atoms with van der Waals surface area (Å²) in [6.07, 6.45) is 1.62. The van der Waals surface area contributed by atoms with E-state index in [1.54, 1.807) is 50.9 Å². The number of urea groups is 1. The van der Waals surface area contributed by atoms with Gasteiger partial charge in [0.25, 0.3) is 5.91 Å². The van der Waals surface area contributed by atoms with E-state index in [1.807, 2.05) is 49.0 Å². The number of ether oxygens (including phenoxy) is 1. The molecule has 45 heavy (non-hydrogen) atoms. The minimum atomic E-state index is -0.488. The van der Waals surface area contributed by atoms with Gasteiger partial charge in [0, 0.05) is 49.3 Å². The average molecular weight is 617 g/mol. The van der Waals surface area contributed by atoms with Crippen molar-refractivity contribution in [3.8, 4) is 5.75 Å². The third-order valence-corrected chi connectivity index (χ3v) is 8.34. The molecule has 5 rings (SSSR count). The van der Waals surface area contributed by atoms with Crippen LogP contribution in [0, 0.1) is 19.8 Å². The van der Waals surface area contributed by atoms with E-state index < -0.39 is 12.1 Å². The van der Waals surface area contributed by atoms with Crippen LogP contribution in [0.25, 0.3) is 10.9 Å². The first-order chi connectivity index (χ1) is 21.5. The molecule has 12 nitrogen and oxygen atoms in total. The summed E-state index contributed by atoms with van der Waals surface area (Å²) in [6, 6.07) is 12.1. The van der Waals surface area contributed by atoms with Crippen LogP contribution in [-0.4, -0.2) is 81.4 Å². The number of nitrogens with zero attached hydrogens (tertiary/aromatic N) is 4. The Morgan fingerprint density at radius 2 is 1.93 bits per heavy atom. The van der Waals surface area contributed by atoms with Crippen LogP contribution in [0.1, 0.15) is 41.2 Å². The molecule has 0 fully saturated rings. The second-order valence-corrected chi connectivity index (χ2v) is 11.9. The van der Waals surface area contributed by atoms with Crippen molar-refractivity contribution in [3.05, 3.63) is 71.2 Å². The fourth-order valence-electron chi connectivity index (χ4n) is 5.68. The van der Waals surface area contributed by atoms with E-state index >= 15 is 0 Å². The Morgan fingerprint density at radius 3 is 2.64 bits per heavy atom. The van der Waals surface area contributed by atoms with Gasteiger partial charge >= 0.3 is 6.03 Å². The highest BCUT2D eigenvalue weighted by Crippen LogP contribution is 2.31. The van der Waals surface area contributed by atoms with Gasteiger partial charge in [-0.3, -0.25) is 9.59 Å². The summed E-state index contributed by atoms with van der Waals surface area (Å²) in [5, 5.41) is 20.7. The van der Waals surface area contributed by atoms with Crippen molar-refractivity contribution in [1.82, 2.24) is 19.5 Å². The summed E-state index contributed by atoms with van der Waals surface area (Å²) in [5.41, 5.74) is 3.75. The highest BCUT2D eigenvalue weighted by Gasteiger charge is 2.34. The molecule has 238 valence electrons. The number of aliphatic hydroxyl groups excluding tert-OH is 1. The molecule has 4 amide bonds. The SMILES string of the molecule is Cc1noc(C)c1NC(=O)N(C)C[C@H]1Oc2ccc(NC(=O)Cc3cn(C)c4ccccc34)cc2C(=O)N([C@@H](C)CO)C[C@H]1C. The predicted molar refractivity (Wildman–Crippen MR) is 170 cm³/mol. The first-order valence-electron chi connectivity index (χ1n) is 15.0. The molecule has 4 aromatic rings. The molecule has 0 aliphatic carbocycles. The molecular formula is C33H40N6O6. The van der Waals surface area contributed by atoms with Crippen LogP contribution >= 0.6 is 0 Å². The molecule has 1 aliphatic heterocycles. The first kappa shape index (κ1) is 31.6. The molecular weight excluding hydrogens is 576 g/mol. The minimum Gasteiger partial charge on any atom is -0.487 e. The summed E-state index contributed by atoms with van der Waals surface area (Å²) in [7, 11) is 3.61. The number of likely N-dealkylation sites (N-methyl/N-ethyl adjacent to an activating group) is 1. The largest absolute Gasteiger partial charge is 0.487 e. The standard InChI is InChI=1S/C33H40N6O6/c1-19-15-39(20(2)18-40)32(42)26-14-24(34-30(41)13-23-16-37(5)27-10-8-7-9-25(23)27)11-12-28(26)44-29(19)17-38(6)33(43)35-31-21(3)36-45-22(31)4/h7-12,14,16,19-20,29,40H,13,15,17-18H2,1-6H3,(H,34,41)(H,35,43)/t19-,20+,29-/m1/s1. The van der Waals surface area contributed by atoms with Crippen molar-refractivity contribution < 1.29 is 28.8 Å². The van der Waals surface area contributed by atoms with Crippen LogP contribution in [0.2, 0.25) is 0 Å². The van der Waals surface area contributed by atoms with Gasteiger partial charge in [-0.2, -0.15) is 0 Å². The molecule has 12 heteroatoms. The van der Waals surface area contributed by atoms with Crippen molar-refractivity contribution in [2.45, 2.75) is 46.3 Å². The topological polar surface area (TPSA) is 142 Å². The number of aliphatic hydroxyl groups is 1. The van der Waals surface area contributed by atoms with E-state index in [0.29, 0.717) is 35.1 Å². The van der Waals surface area contributed by atoms with Crippen molar-refractivity contribution >= 4 is 40.1 Å². The maximum Gasteiger partial charge on any atom is 0.321 e. The van der Waals surface area contributed by atoms with Gasteiger partial charge in [0.15, 0.2) is 5.76 Å². The summed E-state index contributed by atoms with van der Waals surface area (Å²) in [4.78, 5) is 43.1. The Kier molecular flexibility index (Phi) is 9.14. The Bertz CT molecular complexity index is 1710. The zero-order valence-electron chi connectivity index (χ0n) is 26.5. The smallest absolute Gasteiger partial charge is 0.321 e. The third-order valence-electron chi connectivity index (χ3n) is 8.34. The third kappa shape index (κ3) is 6.65. The zero-order chi connectivity index (χ0) is 32.4. The van der Waals surface area contributed by atoms with Crippen LogP contribution in [0.15, 0.2) is 53.2 Å². The Hall–Kier alpha value is -4.84. The number of carbonyl (C=O) groups excluding carboxylic acids is 3. The van der Waals surface area contributed by atoms with Gasteiger partial charge in [0.2, 0.25) is 5.91 Å². The number of hydrogen-bond acceptors (Lipinski definition) is 7. The number of carbonyl (C=O) groups is 3. The number of para-hydroxylation sites is 1. The van der Waals surface area contributed by atoms with E-state index in [2.05, 4.69) is 15.8 Å². The van der Waals surface area contributed by atoms with Crippen LogP contribution in [0.5, 0.6) is 5.75 Å². The normalized spacial score (nSPS) is 17.2. The fourth-order valence-corrected chi connectivity index (χ4v) is 5.68. The molecule has 0 spiro atoms. The monoisotopic (exact) mass is 616 g/mol. The molecule has 1 aliphatic rings. The molecule has 0 unspecified atom stereocenters. The lowest BCUT2D eigenvalue weighted by Gasteiger charge is -2.38. The number of anilines is 2. The molecule has 3 N–H and O–H groups in total. The van der Waals surface area contributed by atoms with Crippen molar-refractivity contribution in [3.63, 3.8) is 0 Å². The summed E-state index contributed by atoms with van der Waals surface area (Å²) >= 11 is 0. The Balaban J connectivity index is 1.37. The molecule has 0 radical (unpaired) electrons. The number of rotatable bonds is 8. The van der Waals surface area contributed by atoms with Gasteiger partial charge in [-0.25, -0.2) is 4.79 Å². The van der Waals surface area contributed by atoms with Gasteiger partial charge < -0.3 is 39.4 Å². The van der Waals surface area contributed by atoms with Gasteiger partial charge in [0.1, 0.15) is 23.2 Å². The second kappa shape index (κ2) is 13.0. The van der Waals surface area contributed by atoms with Gasteiger partial charge in [-0.15, -0.1) is 0 Å². The van der Waals surface area contributed by atoms with Crippen molar-refractivity contribution in [2.24, 2.45) is 13.0 Å². The zero-order valence-corrected chi connectivity index (χ0v) is 26.5. The van der Waals surface area contributed by atoms with Crippen LogP contribution in [-0.2, 0) is 18.3 Å². The maximum atomic E-state index is 13.8. The van der Waals surface area contributed by atoms with Crippen molar-refractivity contribution in [2.75, 3.05) is 37.4 Å². The van der Waals surface area contributed by atoms with Gasteiger partial charge in [0.05, 0.1) is 31.2 Å². The summed E-state index contributed by atoms with van der Waals surface area (Å²) < 4.78 is 13.6. The molecule has 0 saturated carbocycles. The highest BCUT2D eigenvalue weighted by molar-refractivity contribution is 6.01. The summed E-state index contributed by atoms with van der Waals surface area (Å²) in [5.74, 6) is 0.115. The lowest BCUT2D eigenvalue weighted by molar-refractivity contribution is -0.115. The number of aromatic nitrogens is 2. The lowest BCUT2D eigenvalue weighted by atomic mass is 9.99. The maximum absolute atomic E-state index is 13.8. The number of amides is 4. The number of aryl methyl sites for hydroxylation is 3. The van der Waals surface area contributed by atoms with E-state index in [0.717, 1.165) is 16.5 Å². The van der Waals surface area contributed by atoms with Gasteiger partial charge in [-0.05, 0) is 50.6 Å². The first-order valence-corrected chi connectivity index (χ1v) is 15.0. The molecule has 0 bridgehead atoms. The predicted octanol–water partition coefficient (Wildman–Crippen LogP) is 4.35.